The van der Waals surface area contributed by atoms with Crippen LogP contribution in [-0.4, -0.2) is 22.0 Å². The summed E-state index contributed by atoms with van der Waals surface area (Å²) >= 11 is -2.88. The second kappa shape index (κ2) is 13.1. The number of hydrogen-bond donors (Lipinski definition) is 1. The summed E-state index contributed by atoms with van der Waals surface area (Å²) < 4.78 is 41.4. The summed E-state index contributed by atoms with van der Waals surface area (Å²) in [5.74, 6) is 0.735. The van der Waals surface area contributed by atoms with Gasteiger partial charge in [-0.15, -0.1) is 0 Å². The number of nitrogens with one attached hydrogen (secondary N) is 1. The Morgan fingerprint density at radius 2 is 1.41 bits per heavy atom. The monoisotopic (exact) mass is 657 g/mol. The van der Waals surface area contributed by atoms with Crippen molar-refractivity contribution < 1.29 is 15.7 Å². The van der Waals surface area contributed by atoms with E-state index in [9.17, 15) is 8.42 Å². The van der Waals surface area contributed by atoms with Crippen molar-refractivity contribution in [1.29, 1.82) is 0 Å². The average Bonchev–Trinajstić information content (AvgIpc) is 2.91. The van der Waals surface area contributed by atoms with E-state index < -0.39 is 30.4 Å². The Morgan fingerprint density at radius 1 is 0.795 bits per heavy atom. The first-order valence-electron chi connectivity index (χ1n) is 12.9. The van der Waals surface area contributed by atoms with Gasteiger partial charge in [-0.05, 0) is 0 Å². The van der Waals surface area contributed by atoms with Crippen LogP contribution in [-0.2, 0) is 12.6 Å². The molecule has 1 unspecified atom stereocenters. The molecule has 0 radical (unpaired) electrons. The predicted octanol–water partition coefficient (Wildman–Crippen LogP) is 7.52. The fourth-order valence-electron chi connectivity index (χ4n) is 4.46. The van der Waals surface area contributed by atoms with E-state index in [-0.39, 0.29) is 11.0 Å². The molecule has 0 aliphatic carbocycles. The van der Waals surface area contributed by atoms with Gasteiger partial charge in [-0.2, -0.15) is 0 Å². The predicted molar refractivity (Wildman–Crippen MR) is 166 cm³/mol. The number of ether oxygens (including phenoxy) is 1. The quantitative estimate of drug-likeness (QED) is 0.169. The van der Waals surface area contributed by atoms with Crippen LogP contribution in [0.4, 0.5) is 0 Å². The zero-order valence-electron chi connectivity index (χ0n) is 23.1. The van der Waals surface area contributed by atoms with Crippen molar-refractivity contribution in [2.75, 3.05) is 13.6 Å². The van der Waals surface area contributed by atoms with Gasteiger partial charge >= 0.3 is 242 Å². The number of aryl methyl sites for hydroxylation is 4. The number of rotatable bonds is 11. The molecule has 0 heterocycles. The SMILES string of the molecule is CNCCC(Oc1ccc(I(OS(=O)(=O)c2ccc(C)cc2)c2c(C)cc(C)cc2C)cc1)c1ccccc1. The van der Waals surface area contributed by atoms with Crippen LogP contribution in [0.5, 0.6) is 5.75 Å². The maximum absolute atomic E-state index is 13.4. The van der Waals surface area contributed by atoms with Gasteiger partial charge in [-0.1, -0.05) is 0 Å². The van der Waals surface area contributed by atoms with Gasteiger partial charge in [0.05, 0.1) is 0 Å². The molecule has 0 amide bonds. The minimum absolute atomic E-state index is 0.0983. The summed E-state index contributed by atoms with van der Waals surface area (Å²) in [6.45, 7) is 8.87. The van der Waals surface area contributed by atoms with Crippen LogP contribution in [0.25, 0.3) is 0 Å². The first kappa shape index (κ1) is 29.3. The van der Waals surface area contributed by atoms with Gasteiger partial charge in [0, 0.05) is 0 Å². The average molecular weight is 658 g/mol. The summed E-state index contributed by atoms with van der Waals surface area (Å²) in [4.78, 5) is 0.174. The van der Waals surface area contributed by atoms with E-state index in [1.807, 2.05) is 70.3 Å². The van der Waals surface area contributed by atoms with Crippen molar-refractivity contribution in [2.45, 2.75) is 45.1 Å². The van der Waals surface area contributed by atoms with Crippen LogP contribution >= 0.6 is 20.2 Å². The van der Waals surface area contributed by atoms with Gasteiger partial charge in [0.1, 0.15) is 0 Å². The zero-order chi connectivity index (χ0) is 28.0. The number of halogens is 1. The molecule has 7 heteroatoms. The minimum atomic E-state index is -3.96. The number of hydrogen-bond acceptors (Lipinski definition) is 5. The standard InChI is InChI=1S/C32H36INO4S/c1-23-11-17-30(18-12-23)39(35,36)38-33(32-25(3)21-24(2)22-26(32)4)28-13-15-29(16-14-28)37-31(19-20-34-5)27-9-7-6-8-10-27/h6-18,21-22,31,34H,19-20H2,1-5H3. The molecule has 4 rings (SSSR count). The Morgan fingerprint density at radius 3 is 2.00 bits per heavy atom. The molecule has 0 saturated carbocycles. The topological polar surface area (TPSA) is 64.6 Å². The molecule has 5 nitrogen and oxygen atoms in total. The van der Waals surface area contributed by atoms with Gasteiger partial charge in [0.25, 0.3) is 0 Å². The summed E-state index contributed by atoms with van der Waals surface area (Å²) in [6, 6.07) is 29.0. The summed E-state index contributed by atoms with van der Waals surface area (Å²) in [5, 5.41) is 3.20. The normalized spacial score (nSPS) is 12.7. The first-order chi connectivity index (χ1) is 18.7. The van der Waals surface area contributed by atoms with E-state index in [0.29, 0.717) is 0 Å². The van der Waals surface area contributed by atoms with Crippen molar-refractivity contribution in [1.82, 2.24) is 5.32 Å². The van der Waals surface area contributed by atoms with E-state index in [4.69, 9.17) is 7.25 Å². The molecule has 0 saturated heterocycles. The third-order valence-electron chi connectivity index (χ3n) is 6.33. The third kappa shape index (κ3) is 7.48. The summed E-state index contributed by atoms with van der Waals surface area (Å²) in [6.07, 6.45) is 0.722. The fraction of sp³-hybridized carbons (Fsp3) is 0.250. The Labute approximate surface area is 240 Å². The van der Waals surface area contributed by atoms with Gasteiger partial charge < -0.3 is 0 Å². The van der Waals surface area contributed by atoms with Crippen molar-refractivity contribution in [3.05, 3.63) is 126 Å². The Kier molecular flexibility index (Phi) is 9.82. The van der Waals surface area contributed by atoms with E-state index >= 15 is 0 Å². The van der Waals surface area contributed by atoms with Crippen molar-refractivity contribution in [3.8, 4) is 5.75 Å². The molecule has 1 N–H and O–H groups in total. The first-order valence-corrected chi connectivity index (χ1v) is 17.4. The molecule has 0 aliphatic heterocycles. The molecule has 0 spiro atoms. The molecule has 0 bridgehead atoms. The van der Waals surface area contributed by atoms with Crippen molar-refractivity contribution in [2.24, 2.45) is 0 Å². The molecular weight excluding hydrogens is 621 g/mol. The summed E-state index contributed by atoms with van der Waals surface area (Å²) in [7, 11) is -2.03. The molecular formula is C32H36INO4S. The Hall–Kier alpha value is -2.72. The molecule has 206 valence electrons. The molecule has 39 heavy (non-hydrogen) atoms. The Balaban J connectivity index is 1.68. The third-order valence-corrected chi connectivity index (χ3v) is 14.5. The molecule has 0 aromatic heterocycles. The van der Waals surface area contributed by atoms with Crippen molar-refractivity contribution >= 4 is 30.4 Å². The van der Waals surface area contributed by atoms with Gasteiger partial charge in [-0.3, -0.25) is 0 Å². The van der Waals surface area contributed by atoms with E-state index in [1.54, 1.807) is 24.3 Å². The van der Waals surface area contributed by atoms with Crippen LogP contribution in [0.15, 0.2) is 95.9 Å². The Bertz CT molecular complexity index is 1460. The van der Waals surface area contributed by atoms with Crippen LogP contribution in [0.3, 0.4) is 0 Å². The van der Waals surface area contributed by atoms with Gasteiger partial charge in [0.2, 0.25) is 0 Å². The van der Waals surface area contributed by atoms with Crippen LogP contribution < -0.4 is 10.1 Å². The summed E-state index contributed by atoms with van der Waals surface area (Å²) in [5.41, 5.74) is 5.35. The maximum atomic E-state index is 13.4. The molecule has 0 fully saturated rings. The van der Waals surface area contributed by atoms with Crippen LogP contribution in [0.1, 0.15) is 40.3 Å². The molecule has 4 aromatic carbocycles. The second-order valence-corrected chi connectivity index (χ2v) is 16.0. The number of benzene rings is 4. The van der Waals surface area contributed by atoms with Crippen molar-refractivity contribution in [3.63, 3.8) is 0 Å². The van der Waals surface area contributed by atoms with E-state index in [0.717, 1.165) is 53.7 Å². The zero-order valence-corrected chi connectivity index (χ0v) is 26.0. The van der Waals surface area contributed by atoms with Crippen LogP contribution in [0, 0.1) is 34.8 Å². The fourth-order valence-corrected chi connectivity index (χ4v) is 12.0. The van der Waals surface area contributed by atoms with E-state index in [2.05, 4.69) is 36.5 Å². The van der Waals surface area contributed by atoms with E-state index in [1.165, 1.54) is 0 Å². The molecule has 0 aliphatic rings. The van der Waals surface area contributed by atoms with Crippen LogP contribution in [0.2, 0.25) is 0 Å². The van der Waals surface area contributed by atoms with Gasteiger partial charge in [0.15, 0.2) is 0 Å². The van der Waals surface area contributed by atoms with Gasteiger partial charge in [-0.25, -0.2) is 0 Å². The molecule has 1 atom stereocenters. The molecule has 4 aromatic rings. The second-order valence-electron chi connectivity index (χ2n) is 9.65.